The quantitative estimate of drug-likeness (QED) is 0.772. The summed E-state index contributed by atoms with van der Waals surface area (Å²) < 4.78 is 10.4. The Balaban J connectivity index is 2.55. The Morgan fingerprint density at radius 2 is 2.00 bits per heavy atom. The van der Waals surface area contributed by atoms with Crippen molar-refractivity contribution < 1.29 is 14.3 Å². The molecule has 4 nitrogen and oxygen atoms in total. The summed E-state index contributed by atoms with van der Waals surface area (Å²) >= 11 is 1.48. The number of benzene rings is 1. The van der Waals surface area contributed by atoms with Gasteiger partial charge in [0.05, 0.1) is 20.0 Å². The minimum atomic E-state index is 0.0524. The summed E-state index contributed by atoms with van der Waals surface area (Å²) in [4.78, 5) is 12.5. The van der Waals surface area contributed by atoms with Gasteiger partial charge in [-0.15, -0.1) is 11.8 Å². The largest absolute Gasteiger partial charge is 0.493 e. The second-order valence-corrected chi connectivity index (χ2v) is 4.70. The van der Waals surface area contributed by atoms with E-state index in [2.05, 4.69) is 5.32 Å². The molecule has 1 aromatic rings. The zero-order valence-electron chi connectivity index (χ0n) is 11.0. The fraction of sp³-hybridized carbons (Fsp3) is 0.462. The van der Waals surface area contributed by atoms with Gasteiger partial charge in [-0.2, -0.15) is 0 Å². The lowest BCUT2D eigenvalue weighted by Crippen LogP contribution is -2.25. The summed E-state index contributed by atoms with van der Waals surface area (Å²) in [6.07, 6.45) is 0.951. The first-order valence-electron chi connectivity index (χ1n) is 5.82. The van der Waals surface area contributed by atoms with Gasteiger partial charge in [0.15, 0.2) is 11.5 Å². The zero-order chi connectivity index (χ0) is 13.4. The Bertz CT molecular complexity index is 396. The maximum absolute atomic E-state index is 11.5. The van der Waals surface area contributed by atoms with Gasteiger partial charge < -0.3 is 14.8 Å². The Hall–Kier alpha value is -1.36. The first-order chi connectivity index (χ1) is 8.71. The molecule has 100 valence electrons. The van der Waals surface area contributed by atoms with Crippen LogP contribution in [0.5, 0.6) is 11.5 Å². The van der Waals surface area contributed by atoms with Gasteiger partial charge in [-0.3, -0.25) is 4.79 Å². The number of nitrogens with one attached hydrogen (secondary N) is 1. The molecular formula is C13H19NO3S. The highest BCUT2D eigenvalue weighted by molar-refractivity contribution is 8.00. The third-order valence-corrected chi connectivity index (χ3v) is 3.29. The lowest BCUT2D eigenvalue weighted by atomic mass is 10.3. The third-order valence-electron chi connectivity index (χ3n) is 2.30. The molecule has 0 radical (unpaired) electrons. The Morgan fingerprint density at radius 3 is 2.61 bits per heavy atom. The summed E-state index contributed by atoms with van der Waals surface area (Å²) in [5, 5.41) is 2.84. The van der Waals surface area contributed by atoms with Crippen LogP contribution in [0.1, 0.15) is 13.3 Å². The summed E-state index contributed by atoms with van der Waals surface area (Å²) in [7, 11) is 3.20. The second-order valence-electron chi connectivity index (χ2n) is 3.66. The Morgan fingerprint density at radius 1 is 1.28 bits per heavy atom. The van der Waals surface area contributed by atoms with E-state index in [9.17, 15) is 4.79 Å². The lowest BCUT2D eigenvalue weighted by molar-refractivity contribution is -0.118. The van der Waals surface area contributed by atoms with Crippen LogP contribution in [-0.2, 0) is 4.79 Å². The summed E-state index contributed by atoms with van der Waals surface area (Å²) in [6.45, 7) is 2.76. The smallest absolute Gasteiger partial charge is 0.230 e. The number of hydrogen-bond acceptors (Lipinski definition) is 4. The van der Waals surface area contributed by atoms with Gasteiger partial charge in [-0.1, -0.05) is 6.92 Å². The van der Waals surface area contributed by atoms with Gasteiger partial charge in [0.2, 0.25) is 5.91 Å². The van der Waals surface area contributed by atoms with Gasteiger partial charge >= 0.3 is 0 Å². The number of carbonyl (C=O) groups is 1. The molecule has 0 spiro atoms. The van der Waals surface area contributed by atoms with Gasteiger partial charge in [-0.05, 0) is 24.6 Å². The summed E-state index contributed by atoms with van der Waals surface area (Å²) in [5.74, 6) is 1.83. The highest BCUT2D eigenvalue weighted by Crippen LogP contribution is 2.31. The second kappa shape index (κ2) is 7.87. The van der Waals surface area contributed by atoms with Crippen molar-refractivity contribution in [3.63, 3.8) is 0 Å². The van der Waals surface area contributed by atoms with E-state index in [0.29, 0.717) is 17.3 Å². The highest BCUT2D eigenvalue weighted by atomic mass is 32.2. The number of ether oxygens (including phenoxy) is 2. The Kier molecular flexibility index (Phi) is 6.43. The number of carbonyl (C=O) groups excluding carboxylic acids is 1. The monoisotopic (exact) mass is 269 g/mol. The van der Waals surface area contributed by atoms with Crippen molar-refractivity contribution in [1.82, 2.24) is 5.32 Å². The van der Waals surface area contributed by atoms with Crippen molar-refractivity contribution in [3.05, 3.63) is 18.2 Å². The molecule has 0 aromatic heterocycles. The molecule has 0 aliphatic carbocycles. The number of thioether (sulfide) groups is 1. The minimum absolute atomic E-state index is 0.0524. The minimum Gasteiger partial charge on any atom is -0.493 e. The standard InChI is InChI=1S/C13H19NO3S/c1-4-7-14-13(15)9-18-10-5-6-11(16-2)12(8-10)17-3/h5-6,8H,4,7,9H2,1-3H3,(H,14,15). The maximum atomic E-state index is 11.5. The molecule has 0 heterocycles. The van der Waals surface area contributed by atoms with Gasteiger partial charge in [0, 0.05) is 11.4 Å². The van der Waals surface area contributed by atoms with Crippen LogP contribution in [0, 0.1) is 0 Å². The molecule has 1 N–H and O–H groups in total. The van der Waals surface area contributed by atoms with Crippen molar-refractivity contribution in [3.8, 4) is 11.5 Å². The van der Waals surface area contributed by atoms with Crippen molar-refractivity contribution in [1.29, 1.82) is 0 Å². The topological polar surface area (TPSA) is 47.6 Å². The predicted octanol–water partition coefficient (Wildman–Crippen LogP) is 2.32. The predicted molar refractivity (Wildman–Crippen MR) is 73.6 cm³/mol. The summed E-state index contributed by atoms with van der Waals surface area (Å²) in [6, 6.07) is 5.63. The SMILES string of the molecule is CCCNC(=O)CSc1ccc(OC)c(OC)c1. The molecule has 0 unspecified atom stereocenters. The molecule has 0 aliphatic heterocycles. The summed E-state index contributed by atoms with van der Waals surface area (Å²) in [5.41, 5.74) is 0. The molecule has 1 rings (SSSR count). The highest BCUT2D eigenvalue weighted by Gasteiger charge is 2.06. The van der Waals surface area contributed by atoms with Crippen molar-refractivity contribution in [2.24, 2.45) is 0 Å². The first kappa shape index (κ1) is 14.7. The molecule has 0 saturated heterocycles. The van der Waals surface area contributed by atoms with Gasteiger partial charge in [0.25, 0.3) is 0 Å². The van der Waals surface area contributed by atoms with Crippen LogP contribution in [0.4, 0.5) is 0 Å². The van der Waals surface area contributed by atoms with E-state index in [1.807, 2.05) is 25.1 Å². The van der Waals surface area contributed by atoms with Crippen LogP contribution in [0.15, 0.2) is 23.1 Å². The lowest BCUT2D eigenvalue weighted by Gasteiger charge is -2.09. The molecule has 18 heavy (non-hydrogen) atoms. The van der Waals surface area contributed by atoms with Crippen molar-refractivity contribution in [2.75, 3.05) is 26.5 Å². The maximum Gasteiger partial charge on any atom is 0.230 e. The molecule has 0 aliphatic rings. The first-order valence-corrected chi connectivity index (χ1v) is 6.81. The average molecular weight is 269 g/mol. The number of rotatable bonds is 7. The fourth-order valence-electron chi connectivity index (χ4n) is 1.37. The van der Waals surface area contributed by atoms with E-state index < -0.39 is 0 Å². The molecule has 0 fully saturated rings. The molecule has 0 saturated carbocycles. The van der Waals surface area contributed by atoms with Crippen LogP contribution in [-0.4, -0.2) is 32.4 Å². The van der Waals surface area contributed by atoms with Crippen molar-refractivity contribution >= 4 is 17.7 Å². The van der Waals surface area contributed by atoms with E-state index in [1.165, 1.54) is 11.8 Å². The fourth-order valence-corrected chi connectivity index (χ4v) is 2.13. The normalized spacial score (nSPS) is 9.94. The van der Waals surface area contributed by atoms with Gasteiger partial charge in [-0.25, -0.2) is 0 Å². The Labute approximate surface area is 112 Å². The van der Waals surface area contributed by atoms with Crippen LogP contribution < -0.4 is 14.8 Å². The van der Waals surface area contributed by atoms with Gasteiger partial charge in [0.1, 0.15) is 0 Å². The van der Waals surface area contributed by atoms with Crippen LogP contribution in [0.25, 0.3) is 0 Å². The van der Waals surface area contributed by atoms with Crippen LogP contribution in [0.3, 0.4) is 0 Å². The number of amides is 1. The van der Waals surface area contributed by atoms with E-state index in [4.69, 9.17) is 9.47 Å². The molecule has 5 heteroatoms. The van der Waals surface area contributed by atoms with E-state index in [-0.39, 0.29) is 5.91 Å². The third kappa shape index (κ3) is 4.49. The van der Waals surface area contributed by atoms with Crippen molar-refractivity contribution in [2.45, 2.75) is 18.2 Å². The van der Waals surface area contributed by atoms with E-state index in [0.717, 1.165) is 17.9 Å². The van der Waals surface area contributed by atoms with Crippen LogP contribution >= 0.6 is 11.8 Å². The molecule has 1 aromatic carbocycles. The number of methoxy groups -OCH3 is 2. The molecule has 1 amide bonds. The molecule has 0 bridgehead atoms. The number of hydrogen-bond donors (Lipinski definition) is 1. The van der Waals surface area contributed by atoms with E-state index in [1.54, 1.807) is 14.2 Å². The molecular weight excluding hydrogens is 250 g/mol. The van der Waals surface area contributed by atoms with Crippen LogP contribution in [0.2, 0.25) is 0 Å². The average Bonchev–Trinajstić information content (AvgIpc) is 2.42. The zero-order valence-corrected chi connectivity index (χ0v) is 11.8. The van der Waals surface area contributed by atoms with E-state index >= 15 is 0 Å². The molecule has 0 atom stereocenters.